The van der Waals surface area contributed by atoms with Gasteiger partial charge in [-0.25, -0.2) is 4.68 Å². The number of rotatable bonds is 6. The van der Waals surface area contributed by atoms with E-state index in [0.717, 1.165) is 37.3 Å². The van der Waals surface area contributed by atoms with Crippen molar-refractivity contribution < 1.29 is 9.59 Å². The molecule has 0 radical (unpaired) electrons. The molecule has 1 aliphatic rings. The van der Waals surface area contributed by atoms with Gasteiger partial charge in [0.1, 0.15) is 0 Å². The van der Waals surface area contributed by atoms with Crippen LogP contribution >= 0.6 is 11.6 Å². The number of amides is 2. The summed E-state index contributed by atoms with van der Waals surface area (Å²) in [5.41, 5.74) is 2.17. The van der Waals surface area contributed by atoms with Gasteiger partial charge in [0.15, 0.2) is 0 Å². The molecule has 28 heavy (non-hydrogen) atoms. The summed E-state index contributed by atoms with van der Waals surface area (Å²) < 4.78 is 1.74. The number of hydrogen-bond acceptors (Lipinski definition) is 3. The first-order valence-electron chi connectivity index (χ1n) is 9.99. The van der Waals surface area contributed by atoms with Gasteiger partial charge in [0.05, 0.1) is 23.1 Å². The molecule has 0 spiro atoms. The summed E-state index contributed by atoms with van der Waals surface area (Å²) in [6, 6.07) is 7.37. The molecule has 3 rings (SSSR count). The average molecular weight is 403 g/mol. The second kappa shape index (κ2) is 9.73. The minimum atomic E-state index is -0.200. The van der Waals surface area contributed by atoms with Crippen molar-refractivity contribution in [1.29, 1.82) is 0 Å². The van der Waals surface area contributed by atoms with E-state index in [9.17, 15) is 9.59 Å². The van der Waals surface area contributed by atoms with Gasteiger partial charge in [0, 0.05) is 31.1 Å². The Balaban J connectivity index is 1.61. The molecule has 7 heteroatoms. The summed E-state index contributed by atoms with van der Waals surface area (Å²) in [6.07, 6.45) is 7.08. The number of benzene rings is 1. The van der Waals surface area contributed by atoms with Crippen molar-refractivity contribution in [3.63, 3.8) is 0 Å². The molecule has 150 valence electrons. The van der Waals surface area contributed by atoms with Crippen LogP contribution in [-0.2, 0) is 11.2 Å². The van der Waals surface area contributed by atoms with Crippen molar-refractivity contribution in [2.75, 3.05) is 19.6 Å². The minimum Gasteiger partial charge on any atom is -0.351 e. The van der Waals surface area contributed by atoms with Gasteiger partial charge in [0.2, 0.25) is 5.91 Å². The molecule has 2 amide bonds. The molecular weight excluding hydrogens is 376 g/mol. The molecule has 1 saturated heterocycles. The molecule has 0 aliphatic carbocycles. The van der Waals surface area contributed by atoms with Gasteiger partial charge in [-0.2, -0.15) is 5.10 Å². The lowest BCUT2D eigenvalue weighted by Gasteiger charge is -2.20. The van der Waals surface area contributed by atoms with Gasteiger partial charge in [-0.1, -0.05) is 37.4 Å². The van der Waals surface area contributed by atoms with E-state index in [-0.39, 0.29) is 11.8 Å². The maximum Gasteiger partial charge on any atom is 0.254 e. The second-order valence-electron chi connectivity index (χ2n) is 7.05. The van der Waals surface area contributed by atoms with E-state index in [2.05, 4.69) is 10.4 Å². The highest BCUT2D eigenvalue weighted by Crippen LogP contribution is 2.19. The van der Waals surface area contributed by atoms with Crippen LogP contribution in [-0.4, -0.2) is 46.1 Å². The quantitative estimate of drug-likeness (QED) is 0.802. The Hall–Kier alpha value is -2.34. The fourth-order valence-electron chi connectivity index (χ4n) is 3.59. The Morgan fingerprint density at radius 3 is 2.61 bits per heavy atom. The van der Waals surface area contributed by atoms with Crippen molar-refractivity contribution in [2.24, 2.45) is 0 Å². The largest absolute Gasteiger partial charge is 0.351 e. The highest BCUT2D eigenvalue weighted by atomic mass is 35.5. The van der Waals surface area contributed by atoms with Gasteiger partial charge in [-0.3, -0.25) is 9.59 Å². The monoisotopic (exact) mass is 402 g/mol. The van der Waals surface area contributed by atoms with Gasteiger partial charge >= 0.3 is 0 Å². The highest BCUT2D eigenvalue weighted by Gasteiger charge is 2.19. The zero-order valence-electron chi connectivity index (χ0n) is 16.3. The zero-order chi connectivity index (χ0) is 19.9. The number of likely N-dealkylation sites (tertiary alicyclic amines) is 1. The Bertz CT molecular complexity index is 826. The Labute approximate surface area is 170 Å². The van der Waals surface area contributed by atoms with Crippen LogP contribution in [0.25, 0.3) is 5.69 Å². The molecule has 1 aliphatic heterocycles. The van der Waals surface area contributed by atoms with E-state index < -0.39 is 0 Å². The average Bonchev–Trinajstić information content (AvgIpc) is 2.93. The molecule has 2 aromatic rings. The highest BCUT2D eigenvalue weighted by molar-refractivity contribution is 6.30. The standard InChI is InChI=1S/C21H27ClN4O2/c1-2-19-18(15-24-26(19)17-9-7-8-16(22)14-17)21(28)23-11-10-20(27)25-12-5-3-4-6-13-25/h7-9,14-15H,2-6,10-13H2,1H3,(H,23,28). The molecule has 1 N–H and O–H groups in total. The molecule has 1 aromatic heterocycles. The Morgan fingerprint density at radius 1 is 1.18 bits per heavy atom. The van der Waals surface area contributed by atoms with Crippen molar-refractivity contribution >= 4 is 23.4 Å². The van der Waals surface area contributed by atoms with E-state index in [1.165, 1.54) is 12.8 Å². The molecule has 0 bridgehead atoms. The molecule has 0 saturated carbocycles. The number of aromatic nitrogens is 2. The predicted molar refractivity (Wildman–Crippen MR) is 110 cm³/mol. The van der Waals surface area contributed by atoms with E-state index in [1.807, 2.05) is 30.0 Å². The summed E-state index contributed by atoms with van der Waals surface area (Å²) in [5, 5.41) is 7.86. The summed E-state index contributed by atoms with van der Waals surface area (Å²) in [4.78, 5) is 26.9. The molecule has 6 nitrogen and oxygen atoms in total. The van der Waals surface area contributed by atoms with Crippen LogP contribution in [0.1, 0.15) is 55.1 Å². The zero-order valence-corrected chi connectivity index (χ0v) is 17.0. The van der Waals surface area contributed by atoms with Crippen LogP contribution in [0.4, 0.5) is 0 Å². The van der Waals surface area contributed by atoms with E-state index in [4.69, 9.17) is 11.6 Å². The summed E-state index contributed by atoms with van der Waals surface area (Å²) in [7, 11) is 0. The van der Waals surface area contributed by atoms with Crippen molar-refractivity contribution in [3.05, 3.63) is 46.7 Å². The summed E-state index contributed by atoms with van der Waals surface area (Å²) >= 11 is 6.08. The normalized spacial score (nSPS) is 14.6. The number of carbonyl (C=O) groups excluding carboxylic acids is 2. The van der Waals surface area contributed by atoms with Gasteiger partial charge in [0.25, 0.3) is 5.91 Å². The van der Waals surface area contributed by atoms with Crippen molar-refractivity contribution in [1.82, 2.24) is 20.0 Å². The number of nitrogens with zero attached hydrogens (tertiary/aromatic N) is 3. The van der Waals surface area contributed by atoms with Gasteiger partial charge in [-0.05, 0) is 37.5 Å². The predicted octanol–water partition coefficient (Wildman–Crippen LogP) is 3.61. The molecule has 1 fully saturated rings. The molecule has 1 aromatic carbocycles. The minimum absolute atomic E-state index is 0.118. The molecular formula is C21H27ClN4O2. The fraction of sp³-hybridized carbons (Fsp3) is 0.476. The van der Waals surface area contributed by atoms with Crippen LogP contribution in [0.3, 0.4) is 0 Å². The fourth-order valence-corrected chi connectivity index (χ4v) is 3.77. The SMILES string of the molecule is CCc1c(C(=O)NCCC(=O)N2CCCCCC2)cnn1-c1cccc(Cl)c1. The third-order valence-corrected chi connectivity index (χ3v) is 5.32. The van der Waals surface area contributed by atoms with Crippen molar-refractivity contribution in [3.8, 4) is 5.69 Å². The lowest BCUT2D eigenvalue weighted by Crippen LogP contribution is -2.35. The number of halogens is 1. The topological polar surface area (TPSA) is 67.2 Å². The van der Waals surface area contributed by atoms with Crippen LogP contribution in [0.15, 0.2) is 30.5 Å². The van der Waals surface area contributed by atoms with Crippen LogP contribution < -0.4 is 5.32 Å². The maximum absolute atomic E-state index is 12.6. The van der Waals surface area contributed by atoms with Crippen molar-refractivity contribution in [2.45, 2.75) is 45.4 Å². The first-order valence-corrected chi connectivity index (χ1v) is 10.4. The number of hydrogen-bond donors (Lipinski definition) is 1. The van der Waals surface area contributed by atoms with E-state index in [1.54, 1.807) is 16.9 Å². The molecule has 0 unspecified atom stereocenters. The maximum atomic E-state index is 12.6. The van der Waals surface area contributed by atoms with Gasteiger partial charge in [-0.15, -0.1) is 0 Å². The first kappa shape index (κ1) is 20.4. The smallest absolute Gasteiger partial charge is 0.254 e. The second-order valence-corrected chi connectivity index (χ2v) is 7.49. The lowest BCUT2D eigenvalue weighted by molar-refractivity contribution is -0.131. The third-order valence-electron chi connectivity index (χ3n) is 5.08. The van der Waals surface area contributed by atoms with E-state index >= 15 is 0 Å². The van der Waals surface area contributed by atoms with E-state index in [0.29, 0.717) is 30.0 Å². The van der Waals surface area contributed by atoms with Crippen LogP contribution in [0.5, 0.6) is 0 Å². The van der Waals surface area contributed by atoms with Crippen LogP contribution in [0, 0.1) is 0 Å². The molecule has 0 atom stereocenters. The van der Waals surface area contributed by atoms with Gasteiger partial charge < -0.3 is 10.2 Å². The Kier molecular flexibility index (Phi) is 7.09. The molecule has 2 heterocycles. The number of nitrogens with one attached hydrogen (secondary N) is 1. The Morgan fingerprint density at radius 2 is 1.93 bits per heavy atom. The first-order chi connectivity index (χ1) is 13.6. The summed E-state index contributed by atoms with van der Waals surface area (Å²) in [5.74, 6) is -0.0821. The number of carbonyl (C=O) groups is 2. The lowest BCUT2D eigenvalue weighted by atomic mass is 10.2. The van der Waals surface area contributed by atoms with Crippen LogP contribution in [0.2, 0.25) is 5.02 Å². The third kappa shape index (κ3) is 4.93. The summed E-state index contributed by atoms with van der Waals surface area (Å²) in [6.45, 7) is 3.98.